The maximum atomic E-state index is 10.9. The topological polar surface area (TPSA) is 72.5 Å². The van der Waals surface area contributed by atoms with Crippen molar-refractivity contribution >= 4 is 17.7 Å². The minimum absolute atomic E-state index is 0.395. The number of hydrogen-bond acceptors (Lipinski definition) is 4. The van der Waals surface area contributed by atoms with Gasteiger partial charge in [0.05, 0.1) is 7.11 Å². The molecule has 0 spiro atoms. The highest BCUT2D eigenvalue weighted by Crippen LogP contribution is 2.21. The number of carboxylic acids is 1. The molecule has 0 fully saturated rings. The monoisotopic (exact) mass is 255 g/mol. The molecular weight excluding hydrogens is 238 g/mol. The molecule has 1 aromatic rings. The van der Waals surface area contributed by atoms with Gasteiger partial charge in [-0.2, -0.15) is 0 Å². The minimum atomic E-state index is -0.797. The third kappa shape index (κ3) is 4.66. The summed E-state index contributed by atoms with van der Waals surface area (Å²) >= 11 is 1.40. The van der Waals surface area contributed by atoms with Gasteiger partial charge in [0.15, 0.2) is 0 Å². The molecule has 0 amide bonds. The molecule has 0 saturated carbocycles. The van der Waals surface area contributed by atoms with Crippen molar-refractivity contribution in [2.24, 2.45) is 5.73 Å². The van der Waals surface area contributed by atoms with E-state index in [9.17, 15) is 4.79 Å². The normalized spacial score (nSPS) is 12.1. The van der Waals surface area contributed by atoms with Crippen LogP contribution in [0.4, 0.5) is 0 Å². The Morgan fingerprint density at radius 1 is 1.47 bits per heavy atom. The minimum Gasteiger partial charge on any atom is -0.497 e. The van der Waals surface area contributed by atoms with Gasteiger partial charge in [0, 0.05) is 5.75 Å². The SMILES string of the molecule is COc1ccc(CSC(CCN)C(=O)O)cc1. The van der Waals surface area contributed by atoms with Crippen LogP contribution < -0.4 is 10.5 Å². The summed E-state index contributed by atoms with van der Waals surface area (Å²) < 4.78 is 5.05. The van der Waals surface area contributed by atoms with E-state index in [2.05, 4.69) is 0 Å². The Bertz CT molecular complexity index is 353. The van der Waals surface area contributed by atoms with Gasteiger partial charge in [0.1, 0.15) is 11.0 Å². The van der Waals surface area contributed by atoms with Crippen molar-refractivity contribution in [3.8, 4) is 5.75 Å². The van der Waals surface area contributed by atoms with E-state index in [1.54, 1.807) is 7.11 Å². The average molecular weight is 255 g/mol. The van der Waals surface area contributed by atoms with Gasteiger partial charge >= 0.3 is 5.97 Å². The van der Waals surface area contributed by atoms with Crippen LogP contribution in [-0.4, -0.2) is 30.0 Å². The van der Waals surface area contributed by atoms with E-state index in [0.29, 0.717) is 18.7 Å². The van der Waals surface area contributed by atoms with E-state index in [0.717, 1.165) is 11.3 Å². The second kappa shape index (κ2) is 7.19. The molecule has 0 radical (unpaired) electrons. The molecule has 4 nitrogen and oxygen atoms in total. The Labute approximate surface area is 105 Å². The summed E-state index contributed by atoms with van der Waals surface area (Å²) in [5.41, 5.74) is 6.46. The molecule has 0 aromatic heterocycles. The number of rotatable bonds is 7. The molecule has 1 unspecified atom stereocenters. The zero-order valence-electron chi connectivity index (χ0n) is 9.76. The molecule has 0 aliphatic carbocycles. The quantitative estimate of drug-likeness (QED) is 0.776. The number of benzene rings is 1. The Morgan fingerprint density at radius 2 is 2.12 bits per heavy atom. The third-order valence-electron chi connectivity index (χ3n) is 2.31. The Hall–Kier alpha value is -1.20. The van der Waals surface area contributed by atoms with Gasteiger partial charge in [-0.25, -0.2) is 0 Å². The van der Waals surface area contributed by atoms with E-state index >= 15 is 0 Å². The zero-order chi connectivity index (χ0) is 12.7. The number of hydrogen-bond donors (Lipinski definition) is 2. The number of aliphatic carboxylic acids is 1. The van der Waals surface area contributed by atoms with Gasteiger partial charge in [-0.05, 0) is 30.7 Å². The number of nitrogens with two attached hydrogens (primary N) is 1. The van der Waals surface area contributed by atoms with E-state index in [4.69, 9.17) is 15.6 Å². The number of methoxy groups -OCH3 is 1. The molecule has 0 saturated heterocycles. The summed E-state index contributed by atoms with van der Waals surface area (Å²) in [5.74, 6) is 0.672. The van der Waals surface area contributed by atoms with Crippen LogP contribution in [0.1, 0.15) is 12.0 Å². The predicted octanol–water partition coefficient (Wildman–Crippen LogP) is 1.73. The van der Waals surface area contributed by atoms with Crippen molar-refractivity contribution in [2.45, 2.75) is 17.4 Å². The summed E-state index contributed by atoms with van der Waals surface area (Å²) in [7, 11) is 1.62. The van der Waals surface area contributed by atoms with Crippen molar-refractivity contribution in [2.75, 3.05) is 13.7 Å². The number of thioether (sulfide) groups is 1. The fraction of sp³-hybridized carbons (Fsp3) is 0.417. The molecule has 1 atom stereocenters. The Kier molecular flexibility index (Phi) is 5.86. The summed E-state index contributed by atoms with van der Waals surface area (Å²) in [6, 6.07) is 7.61. The molecule has 0 aliphatic heterocycles. The first-order valence-corrected chi connectivity index (χ1v) is 6.39. The lowest BCUT2D eigenvalue weighted by molar-refractivity contribution is -0.136. The lowest BCUT2D eigenvalue weighted by Crippen LogP contribution is -2.20. The first kappa shape index (κ1) is 13.9. The first-order valence-electron chi connectivity index (χ1n) is 5.34. The third-order valence-corrected chi connectivity index (χ3v) is 3.65. The highest BCUT2D eigenvalue weighted by molar-refractivity contribution is 7.99. The standard InChI is InChI=1S/C12H17NO3S/c1-16-10-4-2-9(3-5-10)8-17-11(6-7-13)12(14)15/h2-5,11H,6-8,13H2,1H3,(H,14,15). The van der Waals surface area contributed by atoms with Crippen LogP contribution in [0.5, 0.6) is 5.75 Å². The van der Waals surface area contributed by atoms with Crippen molar-refractivity contribution in [1.29, 1.82) is 0 Å². The number of ether oxygens (including phenoxy) is 1. The van der Waals surface area contributed by atoms with E-state index in [-0.39, 0.29) is 0 Å². The predicted molar refractivity (Wildman–Crippen MR) is 69.4 cm³/mol. The number of carbonyl (C=O) groups is 1. The van der Waals surface area contributed by atoms with E-state index in [1.165, 1.54) is 11.8 Å². The van der Waals surface area contributed by atoms with Gasteiger partial charge in [0.2, 0.25) is 0 Å². The smallest absolute Gasteiger partial charge is 0.316 e. The molecule has 17 heavy (non-hydrogen) atoms. The molecule has 1 rings (SSSR count). The fourth-order valence-corrected chi connectivity index (χ4v) is 2.38. The van der Waals surface area contributed by atoms with Gasteiger partial charge in [-0.1, -0.05) is 12.1 Å². The molecule has 1 aromatic carbocycles. The van der Waals surface area contributed by atoms with Crippen LogP contribution in [-0.2, 0) is 10.5 Å². The largest absolute Gasteiger partial charge is 0.497 e. The van der Waals surface area contributed by atoms with Gasteiger partial charge in [0.25, 0.3) is 0 Å². The summed E-state index contributed by atoms with van der Waals surface area (Å²) in [6.07, 6.45) is 0.496. The Balaban J connectivity index is 2.50. The molecular formula is C12H17NO3S. The zero-order valence-corrected chi connectivity index (χ0v) is 10.6. The van der Waals surface area contributed by atoms with Crippen LogP contribution in [0.3, 0.4) is 0 Å². The van der Waals surface area contributed by atoms with Gasteiger partial charge in [-0.3, -0.25) is 4.79 Å². The van der Waals surface area contributed by atoms with Crippen LogP contribution in [0.2, 0.25) is 0 Å². The van der Waals surface area contributed by atoms with Gasteiger partial charge in [-0.15, -0.1) is 11.8 Å². The van der Waals surface area contributed by atoms with Crippen LogP contribution in [0.15, 0.2) is 24.3 Å². The lowest BCUT2D eigenvalue weighted by atomic mass is 10.2. The summed E-state index contributed by atoms with van der Waals surface area (Å²) in [5, 5.41) is 8.54. The van der Waals surface area contributed by atoms with Crippen LogP contribution in [0, 0.1) is 0 Å². The van der Waals surface area contributed by atoms with Crippen molar-refractivity contribution in [1.82, 2.24) is 0 Å². The lowest BCUT2D eigenvalue weighted by Gasteiger charge is -2.10. The van der Waals surface area contributed by atoms with E-state index in [1.807, 2.05) is 24.3 Å². The molecule has 94 valence electrons. The molecule has 5 heteroatoms. The highest BCUT2D eigenvalue weighted by atomic mass is 32.2. The average Bonchev–Trinajstić information content (AvgIpc) is 2.34. The van der Waals surface area contributed by atoms with E-state index < -0.39 is 11.2 Å². The number of carboxylic acid groups (broad SMARTS) is 1. The highest BCUT2D eigenvalue weighted by Gasteiger charge is 2.16. The van der Waals surface area contributed by atoms with Crippen molar-refractivity contribution in [3.63, 3.8) is 0 Å². The van der Waals surface area contributed by atoms with Crippen molar-refractivity contribution in [3.05, 3.63) is 29.8 Å². The maximum Gasteiger partial charge on any atom is 0.316 e. The molecule has 3 N–H and O–H groups in total. The van der Waals surface area contributed by atoms with Gasteiger partial charge < -0.3 is 15.6 Å². The fourth-order valence-electron chi connectivity index (χ4n) is 1.35. The molecule has 0 bridgehead atoms. The van der Waals surface area contributed by atoms with Crippen molar-refractivity contribution < 1.29 is 14.6 Å². The Morgan fingerprint density at radius 3 is 2.59 bits per heavy atom. The first-order chi connectivity index (χ1) is 8.17. The molecule has 0 heterocycles. The second-order valence-electron chi connectivity index (χ2n) is 3.56. The summed E-state index contributed by atoms with van der Waals surface area (Å²) in [4.78, 5) is 10.9. The molecule has 0 aliphatic rings. The maximum absolute atomic E-state index is 10.9. The van der Waals surface area contributed by atoms with Crippen LogP contribution in [0.25, 0.3) is 0 Å². The second-order valence-corrected chi connectivity index (χ2v) is 4.75. The van der Waals surface area contributed by atoms with Crippen LogP contribution >= 0.6 is 11.8 Å². The summed E-state index contributed by atoms with van der Waals surface area (Å²) in [6.45, 7) is 0.395.